The Labute approximate surface area is 117 Å². The van der Waals surface area contributed by atoms with Gasteiger partial charge in [-0.3, -0.25) is 0 Å². The van der Waals surface area contributed by atoms with Gasteiger partial charge in [-0.05, 0) is 31.6 Å². The molecule has 1 aliphatic heterocycles. The first kappa shape index (κ1) is 16.9. The minimum atomic E-state index is -3.48. The summed E-state index contributed by atoms with van der Waals surface area (Å²) in [4.78, 5) is 0. The fourth-order valence-electron chi connectivity index (χ4n) is 2.77. The lowest BCUT2D eigenvalue weighted by Crippen LogP contribution is -2.51. The maximum atomic E-state index is 12.2. The summed E-state index contributed by atoms with van der Waals surface area (Å²) >= 11 is 0. The van der Waals surface area contributed by atoms with Gasteiger partial charge in [0.2, 0.25) is 0 Å². The van der Waals surface area contributed by atoms with Crippen molar-refractivity contribution in [1.29, 1.82) is 0 Å². The van der Waals surface area contributed by atoms with Crippen molar-refractivity contribution < 1.29 is 13.5 Å². The van der Waals surface area contributed by atoms with E-state index in [9.17, 15) is 13.5 Å². The van der Waals surface area contributed by atoms with E-state index < -0.39 is 15.8 Å². The third-order valence-electron chi connectivity index (χ3n) is 3.60. The van der Waals surface area contributed by atoms with Crippen LogP contribution in [0.25, 0.3) is 0 Å². The van der Waals surface area contributed by atoms with Crippen molar-refractivity contribution in [3.63, 3.8) is 0 Å². The van der Waals surface area contributed by atoms with Crippen LogP contribution < -0.4 is 4.72 Å². The van der Waals surface area contributed by atoms with Crippen LogP contribution in [0.15, 0.2) is 0 Å². The lowest BCUT2D eigenvalue weighted by molar-refractivity contribution is 0.0548. The van der Waals surface area contributed by atoms with Crippen molar-refractivity contribution in [2.24, 2.45) is 11.8 Å². The summed E-state index contributed by atoms with van der Waals surface area (Å²) in [7, 11) is -3.48. The van der Waals surface area contributed by atoms with Crippen LogP contribution in [0.3, 0.4) is 0 Å². The highest BCUT2D eigenvalue weighted by molar-refractivity contribution is 7.87. The van der Waals surface area contributed by atoms with Gasteiger partial charge in [-0.2, -0.15) is 17.4 Å². The van der Waals surface area contributed by atoms with Crippen molar-refractivity contribution in [2.75, 3.05) is 19.6 Å². The standard InChI is InChI=1S/C13H28N2O3S/c1-5-6-13(4,16)10-14-19(17,18)15-8-11(2)7-12(3)9-15/h11-12,14,16H,5-10H2,1-4H3. The summed E-state index contributed by atoms with van der Waals surface area (Å²) in [6.45, 7) is 8.99. The Morgan fingerprint density at radius 2 is 1.84 bits per heavy atom. The molecule has 3 atom stereocenters. The Hall–Kier alpha value is -0.170. The number of hydrogen-bond donors (Lipinski definition) is 2. The van der Waals surface area contributed by atoms with Gasteiger partial charge in [0.1, 0.15) is 0 Å². The monoisotopic (exact) mass is 292 g/mol. The SMILES string of the molecule is CCCC(C)(O)CNS(=O)(=O)N1CC(C)CC(C)C1. The molecular formula is C13H28N2O3S. The second-order valence-electron chi connectivity index (χ2n) is 6.34. The molecule has 0 saturated carbocycles. The molecule has 0 aromatic carbocycles. The molecule has 0 bridgehead atoms. The zero-order valence-corrected chi connectivity index (χ0v) is 13.3. The van der Waals surface area contributed by atoms with E-state index in [1.807, 2.05) is 6.92 Å². The highest BCUT2D eigenvalue weighted by Gasteiger charge is 2.31. The van der Waals surface area contributed by atoms with E-state index in [2.05, 4.69) is 18.6 Å². The first-order valence-electron chi connectivity index (χ1n) is 7.13. The minimum absolute atomic E-state index is 0.0719. The van der Waals surface area contributed by atoms with Crippen molar-refractivity contribution in [3.05, 3.63) is 0 Å². The Bertz CT molecular complexity index is 371. The zero-order chi connectivity index (χ0) is 14.7. The van der Waals surface area contributed by atoms with E-state index in [-0.39, 0.29) is 6.54 Å². The number of piperidine rings is 1. The number of rotatable bonds is 6. The first-order valence-corrected chi connectivity index (χ1v) is 8.57. The van der Waals surface area contributed by atoms with Gasteiger partial charge < -0.3 is 5.11 Å². The second kappa shape index (κ2) is 6.52. The fraction of sp³-hybridized carbons (Fsp3) is 1.00. The van der Waals surface area contributed by atoms with Crippen LogP contribution in [-0.2, 0) is 10.2 Å². The van der Waals surface area contributed by atoms with Gasteiger partial charge in [0.15, 0.2) is 0 Å². The normalized spacial score (nSPS) is 29.1. The summed E-state index contributed by atoms with van der Waals surface area (Å²) < 4.78 is 28.5. The van der Waals surface area contributed by atoms with Gasteiger partial charge in [0.25, 0.3) is 10.2 Å². The van der Waals surface area contributed by atoms with Crippen molar-refractivity contribution >= 4 is 10.2 Å². The Morgan fingerprint density at radius 1 is 1.32 bits per heavy atom. The Morgan fingerprint density at radius 3 is 2.32 bits per heavy atom. The maximum Gasteiger partial charge on any atom is 0.279 e. The molecule has 0 aliphatic carbocycles. The Kier molecular flexibility index (Phi) is 5.79. The van der Waals surface area contributed by atoms with Gasteiger partial charge in [-0.15, -0.1) is 0 Å². The highest BCUT2D eigenvalue weighted by atomic mass is 32.2. The van der Waals surface area contributed by atoms with E-state index in [1.165, 1.54) is 4.31 Å². The quantitative estimate of drug-likeness (QED) is 0.776. The number of aliphatic hydroxyl groups is 1. The van der Waals surface area contributed by atoms with Crippen molar-refractivity contribution in [3.8, 4) is 0 Å². The molecular weight excluding hydrogens is 264 g/mol. The molecule has 6 heteroatoms. The van der Waals surface area contributed by atoms with Gasteiger partial charge in [-0.25, -0.2) is 0 Å². The molecule has 5 nitrogen and oxygen atoms in total. The topological polar surface area (TPSA) is 69.6 Å². The predicted molar refractivity (Wildman–Crippen MR) is 77.0 cm³/mol. The Balaban J connectivity index is 2.60. The van der Waals surface area contributed by atoms with E-state index in [4.69, 9.17) is 0 Å². The molecule has 0 amide bonds. The average Bonchev–Trinajstić information content (AvgIpc) is 2.25. The van der Waals surface area contributed by atoms with Gasteiger partial charge in [-0.1, -0.05) is 27.2 Å². The van der Waals surface area contributed by atoms with E-state index in [0.717, 1.165) is 12.8 Å². The van der Waals surface area contributed by atoms with E-state index in [1.54, 1.807) is 6.92 Å². The molecule has 2 N–H and O–H groups in total. The second-order valence-corrected chi connectivity index (χ2v) is 8.09. The molecule has 1 heterocycles. The molecule has 0 aromatic heterocycles. The number of hydrogen-bond acceptors (Lipinski definition) is 3. The van der Waals surface area contributed by atoms with Crippen LogP contribution in [0.4, 0.5) is 0 Å². The van der Waals surface area contributed by atoms with Crippen LogP contribution in [0, 0.1) is 11.8 Å². The average molecular weight is 292 g/mol. The molecule has 1 aliphatic rings. The van der Waals surface area contributed by atoms with Gasteiger partial charge >= 0.3 is 0 Å². The predicted octanol–water partition coefficient (Wildman–Crippen LogP) is 1.35. The highest BCUT2D eigenvalue weighted by Crippen LogP contribution is 2.22. The van der Waals surface area contributed by atoms with Gasteiger partial charge in [0.05, 0.1) is 5.60 Å². The van der Waals surface area contributed by atoms with Crippen LogP contribution in [-0.4, -0.2) is 43.1 Å². The van der Waals surface area contributed by atoms with Crippen molar-refractivity contribution in [1.82, 2.24) is 9.03 Å². The molecule has 3 unspecified atom stereocenters. The third-order valence-corrected chi connectivity index (χ3v) is 5.09. The van der Waals surface area contributed by atoms with Gasteiger partial charge in [0, 0.05) is 19.6 Å². The zero-order valence-electron chi connectivity index (χ0n) is 12.5. The molecule has 0 radical (unpaired) electrons. The molecule has 1 rings (SSSR count). The maximum absolute atomic E-state index is 12.2. The molecule has 19 heavy (non-hydrogen) atoms. The first-order chi connectivity index (χ1) is 8.66. The van der Waals surface area contributed by atoms with Crippen molar-refractivity contribution in [2.45, 2.75) is 52.6 Å². The van der Waals surface area contributed by atoms with Crippen LogP contribution in [0.1, 0.15) is 47.0 Å². The molecule has 114 valence electrons. The largest absolute Gasteiger partial charge is 0.389 e. The minimum Gasteiger partial charge on any atom is -0.389 e. The van der Waals surface area contributed by atoms with E-state index in [0.29, 0.717) is 31.3 Å². The molecule has 1 saturated heterocycles. The van der Waals surface area contributed by atoms with Crippen LogP contribution in [0.5, 0.6) is 0 Å². The molecule has 0 aromatic rings. The fourth-order valence-corrected chi connectivity index (χ4v) is 4.34. The van der Waals surface area contributed by atoms with E-state index >= 15 is 0 Å². The molecule has 0 spiro atoms. The van der Waals surface area contributed by atoms with Crippen LogP contribution in [0.2, 0.25) is 0 Å². The number of nitrogens with one attached hydrogen (secondary N) is 1. The summed E-state index contributed by atoms with van der Waals surface area (Å²) in [6, 6.07) is 0. The summed E-state index contributed by atoms with van der Waals surface area (Å²) in [6.07, 6.45) is 2.48. The molecule has 1 fully saturated rings. The summed E-state index contributed by atoms with van der Waals surface area (Å²) in [5.74, 6) is 0.771. The lowest BCUT2D eigenvalue weighted by Gasteiger charge is -2.34. The smallest absolute Gasteiger partial charge is 0.279 e. The summed E-state index contributed by atoms with van der Waals surface area (Å²) in [5.41, 5.74) is -0.977. The van der Waals surface area contributed by atoms with Crippen LogP contribution >= 0.6 is 0 Å². The lowest BCUT2D eigenvalue weighted by atomic mass is 9.94. The summed E-state index contributed by atoms with van der Waals surface area (Å²) in [5, 5.41) is 10.0. The number of nitrogens with zero attached hydrogens (tertiary/aromatic N) is 1. The third kappa shape index (κ3) is 5.38.